The van der Waals surface area contributed by atoms with E-state index in [1.807, 2.05) is 32.0 Å². The average Bonchev–Trinajstić information content (AvgIpc) is 2.49. The van der Waals surface area contributed by atoms with Gasteiger partial charge in [-0.05, 0) is 23.7 Å². The Hall–Kier alpha value is -1.49. The van der Waals surface area contributed by atoms with Gasteiger partial charge >= 0.3 is 5.97 Å². The van der Waals surface area contributed by atoms with Crippen molar-refractivity contribution in [1.82, 2.24) is 5.32 Å². The molecule has 0 heterocycles. The first-order valence-electron chi connectivity index (χ1n) is 7.03. The number of nitrogens with one attached hydrogen (secondary N) is 1. The Balaban J connectivity index is 2.28. The van der Waals surface area contributed by atoms with Gasteiger partial charge in [0.05, 0.1) is 12.9 Å². The highest BCUT2D eigenvalue weighted by molar-refractivity contribution is 7.99. The number of carbonyl (C=O) groups excluding carboxylic acids is 2. The topological polar surface area (TPSA) is 55.4 Å². The first kappa shape index (κ1) is 17.6. The lowest BCUT2D eigenvalue weighted by atomic mass is 10.1. The molecule has 1 atom stereocenters. The minimum Gasteiger partial charge on any atom is -0.467 e. The second-order valence-electron chi connectivity index (χ2n) is 5.10. The first-order valence-corrected chi connectivity index (χ1v) is 8.19. The summed E-state index contributed by atoms with van der Waals surface area (Å²) < 4.78 is 4.70. The van der Waals surface area contributed by atoms with Crippen LogP contribution in [0.2, 0.25) is 0 Å². The Kier molecular flexibility index (Phi) is 7.90. The Morgan fingerprint density at radius 2 is 1.90 bits per heavy atom. The normalized spacial score (nSPS) is 12.0. The number of esters is 1. The molecule has 0 aliphatic carbocycles. The van der Waals surface area contributed by atoms with Crippen LogP contribution in [0, 0.1) is 5.92 Å². The Bertz CT molecular complexity index is 448. The van der Waals surface area contributed by atoms with Crippen molar-refractivity contribution in [3.8, 4) is 0 Å². The van der Waals surface area contributed by atoms with Crippen molar-refractivity contribution in [2.75, 3.05) is 18.6 Å². The molecule has 1 amide bonds. The zero-order chi connectivity index (χ0) is 15.7. The Morgan fingerprint density at radius 1 is 1.24 bits per heavy atom. The maximum atomic E-state index is 11.8. The molecule has 1 aromatic rings. The van der Waals surface area contributed by atoms with E-state index < -0.39 is 12.0 Å². The summed E-state index contributed by atoms with van der Waals surface area (Å²) >= 11 is 1.57. The van der Waals surface area contributed by atoms with Crippen molar-refractivity contribution in [2.45, 2.75) is 26.3 Å². The van der Waals surface area contributed by atoms with Crippen molar-refractivity contribution in [2.24, 2.45) is 5.92 Å². The van der Waals surface area contributed by atoms with Gasteiger partial charge in [0.2, 0.25) is 5.91 Å². The highest BCUT2D eigenvalue weighted by atomic mass is 32.2. The molecular weight excluding hydrogens is 286 g/mol. The van der Waals surface area contributed by atoms with E-state index >= 15 is 0 Å². The van der Waals surface area contributed by atoms with Gasteiger partial charge in [0, 0.05) is 0 Å². The average molecular weight is 309 g/mol. The van der Waals surface area contributed by atoms with Crippen LogP contribution in [0.1, 0.15) is 19.4 Å². The zero-order valence-electron chi connectivity index (χ0n) is 12.8. The maximum Gasteiger partial charge on any atom is 0.328 e. The van der Waals surface area contributed by atoms with Crippen LogP contribution in [0.5, 0.6) is 0 Å². The lowest BCUT2D eigenvalue weighted by Crippen LogP contribution is -2.45. The van der Waals surface area contributed by atoms with Gasteiger partial charge in [0.25, 0.3) is 0 Å². The molecule has 0 fully saturated rings. The molecule has 0 spiro atoms. The summed E-state index contributed by atoms with van der Waals surface area (Å²) in [5, 5.41) is 2.73. The summed E-state index contributed by atoms with van der Waals surface area (Å²) in [5.41, 5.74) is 1.26. The number of benzene rings is 1. The predicted molar refractivity (Wildman–Crippen MR) is 86.3 cm³/mol. The monoisotopic (exact) mass is 309 g/mol. The third-order valence-electron chi connectivity index (χ3n) is 3.05. The molecular formula is C16H23NO3S. The van der Waals surface area contributed by atoms with E-state index in [1.54, 1.807) is 11.8 Å². The smallest absolute Gasteiger partial charge is 0.328 e. The molecule has 116 valence electrons. The van der Waals surface area contributed by atoms with Crippen LogP contribution in [0.4, 0.5) is 0 Å². The van der Waals surface area contributed by atoms with E-state index in [2.05, 4.69) is 17.4 Å². The Labute approximate surface area is 130 Å². The van der Waals surface area contributed by atoms with Gasteiger partial charge < -0.3 is 10.1 Å². The standard InChI is InChI=1S/C16H23NO3S/c1-12(2)15(16(19)20-3)17-14(18)11-21-10-9-13-7-5-4-6-8-13/h4-8,12,15H,9-11H2,1-3H3,(H,17,18). The Morgan fingerprint density at radius 3 is 2.48 bits per heavy atom. The molecule has 1 N–H and O–H groups in total. The summed E-state index contributed by atoms with van der Waals surface area (Å²) in [6, 6.07) is 9.59. The summed E-state index contributed by atoms with van der Waals surface area (Å²) in [6.07, 6.45) is 0.934. The quantitative estimate of drug-likeness (QED) is 0.591. The summed E-state index contributed by atoms with van der Waals surface area (Å²) in [5.74, 6) is 0.718. The molecule has 0 aliphatic heterocycles. The summed E-state index contributed by atoms with van der Waals surface area (Å²) in [7, 11) is 1.33. The largest absolute Gasteiger partial charge is 0.467 e. The van der Waals surface area contributed by atoms with Gasteiger partial charge in [-0.15, -0.1) is 0 Å². The summed E-state index contributed by atoms with van der Waals surface area (Å²) in [4.78, 5) is 23.4. The van der Waals surface area contributed by atoms with E-state index in [1.165, 1.54) is 12.7 Å². The van der Waals surface area contributed by atoms with Crippen LogP contribution in [0.3, 0.4) is 0 Å². The van der Waals surface area contributed by atoms with Crippen LogP contribution in [-0.4, -0.2) is 36.5 Å². The molecule has 0 saturated heterocycles. The number of hydrogen-bond donors (Lipinski definition) is 1. The molecule has 0 saturated carbocycles. The first-order chi connectivity index (χ1) is 10.0. The van der Waals surface area contributed by atoms with Crippen LogP contribution in [-0.2, 0) is 20.7 Å². The van der Waals surface area contributed by atoms with Crippen molar-refractivity contribution < 1.29 is 14.3 Å². The van der Waals surface area contributed by atoms with Crippen molar-refractivity contribution in [3.63, 3.8) is 0 Å². The van der Waals surface area contributed by atoms with Gasteiger partial charge in [-0.25, -0.2) is 4.79 Å². The molecule has 1 unspecified atom stereocenters. The third-order valence-corrected chi connectivity index (χ3v) is 4.01. The van der Waals surface area contributed by atoms with Gasteiger partial charge in [-0.1, -0.05) is 44.2 Å². The lowest BCUT2D eigenvalue weighted by molar-refractivity contribution is -0.146. The number of ether oxygens (including phenoxy) is 1. The van der Waals surface area contributed by atoms with Crippen molar-refractivity contribution in [3.05, 3.63) is 35.9 Å². The number of thioether (sulfide) groups is 1. The van der Waals surface area contributed by atoms with Crippen molar-refractivity contribution in [1.29, 1.82) is 0 Å². The molecule has 1 rings (SSSR count). The molecule has 0 aliphatic rings. The van der Waals surface area contributed by atoms with E-state index in [4.69, 9.17) is 4.74 Å². The SMILES string of the molecule is COC(=O)C(NC(=O)CSCCc1ccccc1)C(C)C. The number of aryl methyl sites for hydroxylation is 1. The molecule has 4 nitrogen and oxygen atoms in total. The minimum absolute atomic E-state index is 0.00992. The van der Waals surface area contributed by atoms with E-state index in [0.717, 1.165) is 12.2 Å². The predicted octanol–water partition coefficient (Wildman–Crippen LogP) is 2.28. The highest BCUT2D eigenvalue weighted by Gasteiger charge is 2.24. The number of methoxy groups -OCH3 is 1. The fourth-order valence-electron chi connectivity index (χ4n) is 1.84. The van der Waals surface area contributed by atoms with Crippen LogP contribution < -0.4 is 5.32 Å². The van der Waals surface area contributed by atoms with Gasteiger partial charge in [0.1, 0.15) is 6.04 Å². The zero-order valence-corrected chi connectivity index (χ0v) is 13.6. The molecule has 0 bridgehead atoms. The van der Waals surface area contributed by atoms with Gasteiger partial charge in [-0.2, -0.15) is 11.8 Å². The second kappa shape index (κ2) is 9.45. The van der Waals surface area contributed by atoms with Crippen LogP contribution in [0.15, 0.2) is 30.3 Å². The number of amides is 1. The molecule has 0 radical (unpaired) electrons. The molecule has 5 heteroatoms. The third kappa shape index (κ3) is 6.67. The summed E-state index contributed by atoms with van der Waals surface area (Å²) in [6.45, 7) is 3.76. The van der Waals surface area contributed by atoms with Crippen LogP contribution in [0.25, 0.3) is 0 Å². The maximum absolute atomic E-state index is 11.8. The van der Waals surface area contributed by atoms with Gasteiger partial charge in [0.15, 0.2) is 0 Å². The highest BCUT2D eigenvalue weighted by Crippen LogP contribution is 2.08. The number of hydrogen-bond acceptors (Lipinski definition) is 4. The number of rotatable bonds is 8. The molecule has 21 heavy (non-hydrogen) atoms. The molecule has 1 aromatic carbocycles. The molecule has 0 aromatic heterocycles. The van der Waals surface area contributed by atoms with Gasteiger partial charge in [-0.3, -0.25) is 4.79 Å². The van der Waals surface area contributed by atoms with E-state index in [-0.39, 0.29) is 11.8 Å². The lowest BCUT2D eigenvalue weighted by Gasteiger charge is -2.19. The number of carbonyl (C=O) groups is 2. The minimum atomic E-state index is -0.572. The second-order valence-corrected chi connectivity index (χ2v) is 6.21. The van der Waals surface area contributed by atoms with Crippen molar-refractivity contribution >= 4 is 23.6 Å². The van der Waals surface area contributed by atoms with E-state index in [9.17, 15) is 9.59 Å². The van der Waals surface area contributed by atoms with Crippen LogP contribution >= 0.6 is 11.8 Å². The van der Waals surface area contributed by atoms with E-state index in [0.29, 0.717) is 5.75 Å². The fraction of sp³-hybridized carbons (Fsp3) is 0.500. The fourth-order valence-corrected chi connectivity index (χ4v) is 2.63.